The smallest absolute Gasteiger partial charge is 0.313 e. The van der Waals surface area contributed by atoms with Gasteiger partial charge in [0.2, 0.25) is 0 Å². The quantitative estimate of drug-likeness (QED) is 0.706. The van der Waals surface area contributed by atoms with Gasteiger partial charge in [0, 0.05) is 0 Å². The van der Waals surface area contributed by atoms with E-state index >= 15 is 0 Å². The minimum absolute atomic E-state index is 0.566. The van der Waals surface area contributed by atoms with E-state index in [-0.39, 0.29) is 0 Å². The number of carboxylic acids is 2. The van der Waals surface area contributed by atoms with E-state index in [9.17, 15) is 19.8 Å². The van der Waals surface area contributed by atoms with Gasteiger partial charge in [-0.1, -0.05) is 38.0 Å². The summed E-state index contributed by atoms with van der Waals surface area (Å²) in [5.41, 5.74) is -0.0527. The Morgan fingerprint density at radius 1 is 0.913 bits per heavy atom. The largest absolute Gasteiger partial charge is 0.481 e. The van der Waals surface area contributed by atoms with E-state index < -0.39 is 22.8 Å². The van der Waals surface area contributed by atoms with Crippen LogP contribution in [0.15, 0.2) is 18.2 Å². The molecule has 0 saturated carbocycles. The molecule has 128 valence electrons. The molecule has 0 aliphatic heterocycles. The summed E-state index contributed by atoms with van der Waals surface area (Å²) in [6.07, 6.45) is 4.17. The van der Waals surface area contributed by atoms with Gasteiger partial charge in [-0.05, 0) is 57.2 Å². The molecule has 0 unspecified atom stereocenters. The van der Waals surface area contributed by atoms with Gasteiger partial charge in [0.1, 0.15) is 0 Å². The van der Waals surface area contributed by atoms with Crippen molar-refractivity contribution in [2.24, 2.45) is 0 Å². The fraction of sp³-hybridized carbons (Fsp3) is 0.579. The number of carbonyl (C=O) groups is 2. The van der Waals surface area contributed by atoms with Crippen LogP contribution in [0.4, 0.5) is 0 Å². The highest BCUT2D eigenvalue weighted by Gasteiger charge is 2.39. The van der Waals surface area contributed by atoms with Gasteiger partial charge in [0.05, 0.1) is 10.8 Å². The van der Waals surface area contributed by atoms with Crippen molar-refractivity contribution in [3.8, 4) is 0 Å². The predicted octanol–water partition coefficient (Wildman–Crippen LogP) is 4.14. The number of hydrogen-bond acceptors (Lipinski definition) is 2. The molecule has 0 saturated heterocycles. The molecule has 0 radical (unpaired) electrons. The first-order chi connectivity index (χ1) is 10.5. The molecule has 0 aromatic heterocycles. The number of hydrogen-bond donors (Lipinski definition) is 2. The van der Waals surface area contributed by atoms with E-state index in [0.29, 0.717) is 11.1 Å². The highest BCUT2D eigenvalue weighted by atomic mass is 16.4. The average Bonchev–Trinajstić information content (AvgIpc) is 2.46. The lowest BCUT2D eigenvalue weighted by Gasteiger charge is -2.30. The molecular weight excluding hydrogens is 292 g/mol. The first kappa shape index (κ1) is 19.2. The molecule has 0 fully saturated rings. The van der Waals surface area contributed by atoms with Crippen molar-refractivity contribution in [1.82, 2.24) is 0 Å². The van der Waals surface area contributed by atoms with Crippen LogP contribution in [0, 0.1) is 0 Å². The summed E-state index contributed by atoms with van der Waals surface area (Å²) in [5.74, 6) is -1.91. The van der Waals surface area contributed by atoms with E-state index in [1.807, 2.05) is 12.1 Å². The first-order valence-electron chi connectivity index (χ1n) is 8.15. The van der Waals surface area contributed by atoms with Crippen LogP contribution < -0.4 is 0 Å². The maximum Gasteiger partial charge on any atom is 0.313 e. The number of unbranched alkanes of at least 4 members (excludes halogenated alkanes) is 2. The van der Waals surface area contributed by atoms with E-state index in [1.165, 1.54) is 0 Å². The Labute approximate surface area is 138 Å². The van der Waals surface area contributed by atoms with Crippen molar-refractivity contribution in [3.63, 3.8) is 0 Å². The molecule has 4 nitrogen and oxygen atoms in total. The number of benzene rings is 1. The van der Waals surface area contributed by atoms with Gasteiger partial charge in [-0.25, -0.2) is 0 Å². The van der Waals surface area contributed by atoms with Crippen LogP contribution in [-0.2, 0) is 26.8 Å². The third-order valence-corrected chi connectivity index (χ3v) is 4.57. The van der Waals surface area contributed by atoms with Crippen LogP contribution in [0.3, 0.4) is 0 Å². The number of carboxylic acid groups (broad SMARTS) is 2. The summed E-state index contributed by atoms with van der Waals surface area (Å²) in [5, 5.41) is 19.1. The normalized spacial score (nSPS) is 12.2. The number of rotatable bonds is 8. The van der Waals surface area contributed by atoms with E-state index in [4.69, 9.17) is 0 Å². The Bertz CT molecular complexity index is 585. The molecule has 0 heterocycles. The van der Waals surface area contributed by atoms with Crippen LogP contribution in [-0.4, -0.2) is 22.2 Å². The third kappa shape index (κ3) is 4.12. The van der Waals surface area contributed by atoms with Crippen molar-refractivity contribution in [2.75, 3.05) is 0 Å². The SMILES string of the molecule is CCCCCc1ccc(C(C)(C)C(=O)O)c(C(C)(C)C(=O)O)c1. The zero-order valence-corrected chi connectivity index (χ0v) is 14.8. The number of aliphatic carboxylic acids is 2. The first-order valence-corrected chi connectivity index (χ1v) is 8.15. The Morgan fingerprint density at radius 3 is 1.91 bits per heavy atom. The van der Waals surface area contributed by atoms with Crippen LogP contribution in [0.5, 0.6) is 0 Å². The Hall–Kier alpha value is -1.84. The summed E-state index contributed by atoms with van der Waals surface area (Å²) in [6.45, 7) is 8.62. The van der Waals surface area contributed by atoms with Gasteiger partial charge >= 0.3 is 11.9 Å². The molecule has 4 heteroatoms. The highest BCUT2D eigenvalue weighted by Crippen LogP contribution is 2.35. The Balaban J connectivity index is 3.41. The lowest BCUT2D eigenvalue weighted by molar-refractivity contribution is -0.144. The topological polar surface area (TPSA) is 74.6 Å². The van der Waals surface area contributed by atoms with Crippen molar-refractivity contribution in [3.05, 3.63) is 34.9 Å². The van der Waals surface area contributed by atoms with Crippen LogP contribution >= 0.6 is 0 Å². The second-order valence-electron chi connectivity index (χ2n) is 7.20. The van der Waals surface area contributed by atoms with Crippen molar-refractivity contribution >= 4 is 11.9 Å². The van der Waals surface area contributed by atoms with Gasteiger partial charge in [-0.15, -0.1) is 0 Å². The van der Waals surface area contributed by atoms with Crippen LogP contribution in [0.1, 0.15) is 70.6 Å². The molecule has 1 aromatic rings. The van der Waals surface area contributed by atoms with Gasteiger partial charge in [0.25, 0.3) is 0 Å². The minimum Gasteiger partial charge on any atom is -0.481 e. The lowest BCUT2D eigenvalue weighted by atomic mass is 9.72. The predicted molar refractivity (Wildman–Crippen MR) is 91.0 cm³/mol. The molecule has 0 amide bonds. The summed E-state index contributed by atoms with van der Waals surface area (Å²) in [4.78, 5) is 23.3. The summed E-state index contributed by atoms with van der Waals surface area (Å²) in [7, 11) is 0. The molecule has 2 N–H and O–H groups in total. The van der Waals surface area contributed by atoms with E-state index in [0.717, 1.165) is 31.2 Å². The maximum atomic E-state index is 11.7. The Morgan fingerprint density at radius 2 is 1.43 bits per heavy atom. The molecule has 0 bridgehead atoms. The van der Waals surface area contributed by atoms with Crippen molar-refractivity contribution < 1.29 is 19.8 Å². The van der Waals surface area contributed by atoms with Gasteiger partial charge < -0.3 is 10.2 Å². The summed E-state index contributed by atoms with van der Waals surface area (Å²) >= 11 is 0. The fourth-order valence-electron chi connectivity index (χ4n) is 2.62. The standard InChI is InChI=1S/C19H28O4/c1-6-7-8-9-13-10-11-14(18(2,3)16(20)21)15(12-13)19(4,5)17(22)23/h10-12H,6-9H2,1-5H3,(H,20,21)(H,22,23). The summed E-state index contributed by atoms with van der Waals surface area (Å²) < 4.78 is 0. The lowest BCUT2D eigenvalue weighted by Crippen LogP contribution is -2.36. The molecule has 23 heavy (non-hydrogen) atoms. The molecule has 1 rings (SSSR count). The van der Waals surface area contributed by atoms with Gasteiger partial charge in [0.15, 0.2) is 0 Å². The highest BCUT2D eigenvalue weighted by molar-refractivity contribution is 5.85. The second-order valence-corrected chi connectivity index (χ2v) is 7.20. The summed E-state index contributed by atoms with van der Waals surface area (Å²) in [6, 6.07) is 5.59. The van der Waals surface area contributed by atoms with Crippen LogP contribution in [0.2, 0.25) is 0 Å². The van der Waals surface area contributed by atoms with E-state index in [1.54, 1.807) is 33.8 Å². The molecule has 1 aromatic carbocycles. The Kier molecular flexibility index (Phi) is 5.98. The van der Waals surface area contributed by atoms with E-state index in [2.05, 4.69) is 6.92 Å². The zero-order chi connectivity index (χ0) is 17.8. The van der Waals surface area contributed by atoms with Gasteiger partial charge in [-0.2, -0.15) is 0 Å². The maximum absolute atomic E-state index is 11.7. The van der Waals surface area contributed by atoms with Crippen molar-refractivity contribution in [1.29, 1.82) is 0 Å². The minimum atomic E-state index is -1.14. The molecular formula is C19H28O4. The molecule has 0 atom stereocenters. The van der Waals surface area contributed by atoms with Gasteiger partial charge in [-0.3, -0.25) is 9.59 Å². The molecule has 0 spiro atoms. The zero-order valence-electron chi connectivity index (χ0n) is 14.8. The second kappa shape index (κ2) is 7.16. The third-order valence-electron chi connectivity index (χ3n) is 4.57. The monoisotopic (exact) mass is 320 g/mol. The fourth-order valence-corrected chi connectivity index (χ4v) is 2.62. The number of aryl methyl sites for hydroxylation is 1. The molecule has 0 aliphatic carbocycles. The average molecular weight is 320 g/mol. The van der Waals surface area contributed by atoms with Crippen molar-refractivity contribution in [2.45, 2.75) is 71.1 Å². The van der Waals surface area contributed by atoms with Crippen LogP contribution in [0.25, 0.3) is 0 Å². The molecule has 0 aliphatic rings.